The molecule has 4 nitrogen and oxygen atoms in total. The molecule has 1 N–H and O–H groups in total. The summed E-state index contributed by atoms with van der Waals surface area (Å²) in [6.45, 7) is 5.60. The van der Waals surface area contributed by atoms with Crippen LogP contribution in [-0.2, 0) is 4.74 Å². The number of carbonyl (C=O) groups excluding carboxylic acids is 1. The van der Waals surface area contributed by atoms with Gasteiger partial charge in [0.15, 0.2) is 0 Å². The van der Waals surface area contributed by atoms with E-state index in [1.165, 1.54) is 18.2 Å². The minimum absolute atomic E-state index is 0.0776. The number of amides is 1. The standard InChI is InChI=1S/C12H17FN2O2/c1-9(2)8-17-7-6-14-12(16)10-4-3-5-11(13)15-10/h3-5,9H,6-8H2,1-2H3,(H,14,16). The second kappa shape index (κ2) is 6.96. The second-order valence-electron chi connectivity index (χ2n) is 4.07. The summed E-state index contributed by atoms with van der Waals surface area (Å²) in [6.07, 6.45) is 0. The molecule has 1 aromatic rings. The van der Waals surface area contributed by atoms with Crippen LogP contribution in [0.4, 0.5) is 4.39 Å². The van der Waals surface area contributed by atoms with Crippen molar-refractivity contribution in [1.82, 2.24) is 10.3 Å². The Labute approximate surface area is 100 Å². The van der Waals surface area contributed by atoms with Crippen molar-refractivity contribution in [2.45, 2.75) is 13.8 Å². The van der Waals surface area contributed by atoms with Gasteiger partial charge in [0.2, 0.25) is 5.95 Å². The van der Waals surface area contributed by atoms with E-state index in [-0.39, 0.29) is 5.69 Å². The zero-order valence-corrected chi connectivity index (χ0v) is 10.1. The third kappa shape index (κ3) is 5.40. The summed E-state index contributed by atoms with van der Waals surface area (Å²) < 4.78 is 18.0. The molecule has 0 radical (unpaired) electrons. The number of halogens is 1. The lowest BCUT2D eigenvalue weighted by molar-refractivity contribution is 0.0881. The number of rotatable bonds is 6. The molecule has 0 spiro atoms. The first-order valence-corrected chi connectivity index (χ1v) is 5.58. The smallest absolute Gasteiger partial charge is 0.270 e. The Kier molecular flexibility index (Phi) is 5.56. The predicted molar refractivity (Wildman–Crippen MR) is 62.2 cm³/mol. The first kappa shape index (κ1) is 13.6. The van der Waals surface area contributed by atoms with E-state index in [1.807, 2.05) is 0 Å². The number of hydrogen-bond acceptors (Lipinski definition) is 3. The minimum atomic E-state index is -0.659. The highest BCUT2D eigenvalue weighted by Crippen LogP contribution is 1.97. The molecule has 0 atom stereocenters. The first-order chi connectivity index (χ1) is 8.09. The van der Waals surface area contributed by atoms with Crippen LogP contribution >= 0.6 is 0 Å². The van der Waals surface area contributed by atoms with Crippen LogP contribution in [0.25, 0.3) is 0 Å². The van der Waals surface area contributed by atoms with Crippen molar-refractivity contribution in [3.05, 3.63) is 29.8 Å². The molecule has 94 valence electrons. The monoisotopic (exact) mass is 240 g/mol. The lowest BCUT2D eigenvalue weighted by Crippen LogP contribution is -2.28. The molecule has 1 amide bonds. The van der Waals surface area contributed by atoms with Crippen LogP contribution in [-0.4, -0.2) is 30.6 Å². The van der Waals surface area contributed by atoms with Gasteiger partial charge in [-0.1, -0.05) is 19.9 Å². The third-order valence-corrected chi connectivity index (χ3v) is 1.93. The van der Waals surface area contributed by atoms with Crippen LogP contribution in [0.15, 0.2) is 18.2 Å². The summed E-state index contributed by atoms with van der Waals surface area (Å²) in [4.78, 5) is 15.0. The Balaban J connectivity index is 2.26. The van der Waals surface area contributed by atoms with Gasteiger partial charge < -0.3 is 10.1 Å². The molecule has 1 aromatic heterocycles. The van der Waals surface area contributed by atoms with Crippen molar-refractivity contribution in [3.8, 4) is 0 Å². The first-order valence-electron chi connectivity index (χ1n) is 5.58. The molecule has 1 heterocycles. The van der Waals surface area contributed by atoms with E-state index < -0.39 is 11.9 Å². The Hall–Kier alpha value is -1.49. The van der Waals surface area contributed by atoms with Crippen LogP contribution in [0.3, 0.4) is 0 Å². The molecule has 17 heavy (non-hydrogen) atoms. The Morgan fingerprint density at radius 2 is 2.29 bits per heavy atom. The van der Waals surface area contributed by atoms with Gasteiger partial charge in [0.25, 0.3) is 5.91 Å². The van der Waals surface area contributed by atoms with E-state index in [0.717, 1.165) is 0 Å². The van der Waals surface area contributed by atoms with Crippen LogP contribution in [0.5, 0.6) is 0 Å². The van der Waals surface area contributed by atoms with Gasteiger partial charge in [-0.3, -0.25) is 4.79 Å². The summed E-state index contributed by atoms with van der Waals surface area (Å²) in [7, 11) is 0. The van der Waals surface area contributed by atoms with E-state index in [2.05, 4.69) is 24.1 Å². The summed E-state index contributed by atoms with van der Waals surface area (Å²) >= 11 is 0. The molecule has 0 bridgehead atoms. The van der Waals surface area contributed by atoms with Crippen molar-refractivity contribution < 1.29 is 13.9 Å². The summed E-state index contributed by atoms with van der Waals surface area (Å²) in [5.74, 6) is -0.582. The normalized spacial score (nSPS) is 10.6. The Morgan fingerprint density at radius 3 is 2.94 bits per heavy atom. The minimum Gasteiger partial charge on any atom is -0.379 e. The molecule has 0 unspecified atom stereocenters. The number of hydrogen-bond donors (Lipinski definition) is 1. The van der Waals surface area contributed by atoms with Gasteiger partial charge in [-0.05, 0) is 18.1 Å². The van der Waals surface area contributed by atoms with Crippen LogP contribution in [0.2, 0.25) is 0 Å². The fourth-order valence-corrected chi connectivity index (χ4v) is 1.18. The number of aromatic nitrogens is 1. The highest BCUT2D eigenvalue weighted by molar-refractivity contribution is 5.92. The van der Waals surface area contributed by atoms with Gasteiger partial charge in [0, 0.05) is 13.2 Å². The summed E-state index contributed by atoms with van der Waals surface area (Å²) in [6, 6.07) is 4.11. The van der Waals surface area contributed by atoms with Crippen LogP contribution in [0, 0.1) is 11.9 Å². The van der Waals surface area contributed by atoms with Crippen LogP contribution < -0.4 is 5.32 Å². The molecule has 0 aromatic carbocycles. The number of pyridine rings is 1. The van der Waals surface area contributed by atoms with Gasteiger partial charge >= 0.3 is 0 Å². The zero-order valence-electron chi connectivity index (χ0n) is 10.1. The fraction of sp³-hybridized carbons (Fsp3) is 0.500. The molecule has 0 aliphatic rings. The number of nitrogens with one attached hydrogen (secondary N) is 1. The maximum Gasteiger partial charge on any atom is 0.270 e. The fourth-order valence-electron chi connectivity index (χ4n) is 1.18. The number of carbonyl (C=O) groups is 1. The van der Waals surface area contributed by atoms with Gasteiger partial charge in [-0.15, -0.1) is 0 Å². The van der Waals surface area contributed by atoms with E-state index in [0.29, 0.717) is 25.7 Å². The highest BCUT2D eigenvalue weighted by Gasteiger charge is 2.06. The third-order valence-electron chi connectivity index (χ3n) is 1.93. The van der Waals surface area contributed by atoms with Crippen LogP contribution in [0.1, 0.15) is 24.3 Å². The predicted octanol–water partition coefficient (Wildman–Crippen LogP) is 1.62. The van der Waals surface area contributed by atoms with E-state index in [9.17, 15) is 9.18 Å². The van der Waals surface area contributed by atoms with Crippen molar-refractivity contribution in [2.24, 2.45) is 5.92 Å². The number of nitrogens with zero attached hydrogens (tertiary/aromatic N) is 1. The average molecular weight is 240 g/mol. The molecular formula is C12H17FN2O2. The van der Waals surface area contributed by atoms with Crippen molar-refractivity contribution in [1.29, 1.82) is 0 Å². The van der Waals surface area contributed by atoms with Gasteiger partial charge in [-0.25, -0.2) is 4.98 Å². The summed E-state index contributed by atoms with van der Waals surface area (Å²) in [5, 5.41) is 2.61. The molecular weight excluding hydrogens is 223 g/mol. The van der Waals surface area contributed by atoms with Crippen molar-refractivity contribution in [3.63, 3.8) is 0 Å². The Bertz CT molecular complexity index is 369. The molecule has 5 heteroatoms. The summed E-state index contributed by atoms with van der Waals surface area (Å²) in [5.41, 5.74) is 0.0776. The van der Waals surface area contributed by atoms with E-state index in [1.54, 1.807) is 0 Å². The number of ether oxygens (including phenoxy) is 1. The van der Waals surface area contributed by atoms with Gasteiger partial charge in [-0.2, -0.15) is 4.39 Å². The maximum atomic E-state index is 12.7. The van der Waals surface area contributed by atoms with Crippen molar-refractivity contribution >= 4 is 5.91 Å². The molecule has 1 rings (SSSR count). The van der Waals surface area contributed by atoms with Gasteiger partial charge in [0.1, 0.15) is 5.69 Å². The topological polar surface area (TPSA) is 51.2 Å². The average Bonchev–Trinajstić information content (AvgIpc) is 2.28. The molecule has 0 aliphatic heterocycles. The Morgan fingerprint density at radius 1 is 1.53 bits per heavy atom. The molecule has 0 saturated carbocycles. The second-order valence-corrected chi connectivity index (χ2v) is 4.07. The maximum absolute atomic E-state index is 12.7. The highest BCUT2D eigenvalue weighted by atomic mass is 19.1. The van der Waals surface area contributed by atoms with Gasteiger partial charge in [0.05, 0.1) is 6.61 Å². The van der Waals surface area contributed by atoms with E-state index >= 15 is 0 Å². The lowest BCUT2D eigenvalue weighted by Gasteiger charge is -2.07. The molecule has 0 fully saturated rings. The molecule has 0 saturated heterocycles. The zero-order chi connectivity index (χ0) is 12.7. The SMILES string of the molecule is CC(C)COCCNC(=O)c1cccc(F)n1. The lowest BCUT2D eigenvalue weighted by atomic mass is 10.2. The van der Waals surface area contributed by atoms with E-state index in [4.69, 9.17) is 4.74 Å². The molecule has 0 aliphatic carbocycles. The van der Waals surface area contributed by atoms with Crippen molar-refractivity contribution in [2.75, 3.05) is 19.8 Å². The quantitative estimate of drug-likeness (QED) is 0.607. The largest absolute Gasteiger partial charge is 0.379 e.